The van der Waals surface area contributed by atoms with Crippen LogP contribution in [0.3, 0.4) is 0 Å². The van der Waals surface area contributed by atoms with E-state index in [2.05, 4.69) is 382 Å². The Balaban J connectivity index is 0.779. The molecule has 16 aromatic carbocycles. The van der Waals surface area contributed by atoms with Gasteiger partial charge in [-0.2, -0.15) is 0 Å². The summed E-state index contributed by atoms with van der Waals surface area (Å²) in [7, 11) is 0. The Hall–Kier alpha value is -12.8. The zero-order valence-corrected chi connectivity index (χ0v) is 65.6. The molecule has 6 aliphatic rings. The van der Waals surface area contributed by atoms with E-state index in [0.717, 1.165) is 108 Å². The number of thioether (sulfide) groups is 1. The van der Waals surface area contributed by atoms with Crippen molar-refractivity contribution >= 4 is 269 Å². The van der Waals surface area contributed by atoms with Crippen LogP contribution >= 0.6 is 57.1 Å². The van der Waals surface area contributed by atoms with Crippen molar-refractivity contribution in [1.82, 2.24) is 0 Å². The van der Waals surface area contributed by atoms with E-state index in [0.29, 0.717) is 0 Å². The molecular weight excluding hydrogens is 1490 g/mol. The summed E-state index contributed by atoms with van der Waals surface area (Å²) in [4.78, 5) is 14.3. The van der Waals surface area contributed by atoms with Crippen molar-refractivity contribution in [1.29, 1.82) is 0 Å². The maximum atomic E-state index is 8.23. The standard InChI is InChI=1S/C102H61B2N5OS5/c1-3-26-60(27-4-1)105(76-40-22-50-92-96(76)66-31-8-17-46-88(66)111-92)63-56-84-101-86(57-63)110-85-59-81-72(58-73(85)104(101)71-37-13-15-39-75(71)108(84)78-42-24-52-94-98(78)68-33-10-19-48-90(68)113-94)103-70-36-12-14-38-74(70)107(77-41-23-51-93-97(77)67-32-9-18-47-89(67)112-93)82-54-62(55-83(100(82)103)109(81)79-43-25-53-95-99(79)69-34-11-20-49-91(69)114-95)106(61-28-5-2-6-29-61)80-44-21-35-65-64-30-7-16-45-87(64)115-102(65)80/h1-59,64,87H. The van der Waals surface area contributed by atoms with Gasteiger partial charge in [-0.05, 0) is 172 Å². The Morgan fingerprint density at radius 1 is 0.278 bits per heavy atom. The monoisotopic (exact) mass is 1550 g/mol. The lowest BCUT2D eigenvalue weighted by Gasteiger charge is -2.46. The van der Waals surface area contributed by atoms with Crippen molar-refractivity contribution in [3.8, 4) is 11.5 Å². The summed E-state index contributed by atoms with van der Waals surface area (Å²) in [5.41, 5.74) is 25.1. The average Bonchev–Trinajstić information content (AvgIpc) is 1.02. The lowest BCUT2D eigenvalue weighted by atomic mass is 9.30. The van der Waals surface area contributed by atoms with Crippen molar-refractivity contribution in [2.45, 2.75) is 16.1 Å². The topological polar surface area (TPSA) is 25.4 Å². The molecular formula is C102H61B2N5OS5. The first kappa shape index (κ1) is 64.7. The van der Waals surface area contributed by atoms with E-state index < -0.39 is 0 Å². The van der Waals surface area contributed by atoms with Crippen LogP contribution in [0, 0.1) is 0 Å². The molecule has 1 aliphatic carbocycles. The smallest absolute Gasteiger partial charge is 0.256 e. The van der Waals surface area contributed by atoms with Gasteiger partial charge in [-0.1, -0.05) is 212 Å². The van der Waals surface area contributed by atoms with Crippen LogP contribution in [-0.4, -0.2) is 18.7 Å². The molecule has 0 N–H and O–H groups in total. The third-order valence-corrected chi connectivity index (χ3v) is 30.7. The first-order valence-corrected chi connectivity index (χ1v) is 43.5. The van der Waals surface area contributed by atoms with Gasteiger partial charge in [0.25, 0.3) is 13.4 Å². The SMILES string of the molecule is C1=CC2Sc3c(cccc3N(c3ccccc3)c3cc4c5c(c3)N(c3cccc6sc7ccccc7c36)c3cc6c(cc3B5c3ccccc3N4c3cccc4sc5ccccc5c34)B3c4ccccc4N(c4cccc5sc7ccccc7c45)c4cc(N(c5ccccc5)c5cccc7sc8ccccc8c57)cc(c43)O6)C2C=C1. The Kier molecular flexibility index (Phi) is 14.0. The van der Waals surface area contributed by atoms with Gasteiger partial charge < -0.3 is 29.2 Å². The number of rotatable bonds is 9. The Morgan fingerprint density at radius 3 is 1.24 bits per heavy atom. The molecule has 0 spiro atoms. The maximum absolute atomic E-state index is 8.23. The first-order chi connectivity index (χ1) is 57.1. The molecule has 0 saturated heterocycles. The van der Waals surface area contributed by atoms with E-state index in [1.165, 1.54) is 113 Å². The van der Waals surface area contributed by atoms with Gasteiger partial charge in [0, 0.05) is 154 Å². The van der Waals surface area contributed by atoms with E-state index in [1.807, 2.05) is 57.1 Å². The van der Waals surface area contributed by atoms with Crippen LogP contribution in [0.4, 0.5) is 85.3 Å². The number of hydrogen-bond acceptors (Lipinski definition) is 11. The fourth-order valence-electron chi connectivity index (χ4n) is 20.1. The molecule has 4 aromatic heterocycles. The molecule has 9 heterocycles. The number of allylic oxidation sites excluding steroid dienone is 3. The summed E-state index contributed by atoms with van der Waals surface area (Å²) in [6.45, 7) is -0.532. The number of benzene rings is 16. The van der Waals surface area contributed by atoms with Crippen molar-refractivity contribution in [3.63, 3.8) is 0 Å². The van der Waals surface area contributed by atoms with E-state index >= 15 is 0 Å². The van der Waals surface area contributed by atoms with Crippen LogP contribution in [0.2, 0.25) is 0 Å². The van der Waals surface area contributed by atoms with Crippen molar-refractivity contribution in [2.75, 3.05) is 24.5 Å². The second-order valence-corrected chi connectivity index (χ2v) is 36.2. The highest BCUT2D eigenvalue weighted by atomic mass is 32.2. The van der Waals surface area contributed by atoms with Gasteiger partial charge in [0.1, 0.15) is 11.5 Å². The van der Waals surface area contributed by atoms with Crippen molar-refractivity contribution in [3.05, 3.63) is 364 Å². The number of thiophene rings is 4. The van der Waals surface area contributed by atoms with Crippen LogP contribution in [0.1, 0.15) is 11.5 Å². The summed E-state index contributed by atoms with van der Waals surface area (Å²) in [6, 6.07) is 126. The number of para-hydroxylation sites is 4. The van der Waals surface area contributed by atoms with Gasteiger partial charge in [0.2, 0.25) is 0 Å². The zero-order valence-electron chi connectivity index (χ0n) is 61.6. The maximum Gasteiger partial charge on any atom is 0.256 e. The van der Waals surface area contributed by atoms with Gasteiger partial charge in [-0.15, -0.1) is 57.1 Å². The third-order valence-electron chi connectivity index (χ3n) is 24.7. The van der Waals surface area contributed by atoms with E-state index in [1.54, 1.807) is 0 Å². The molecule has 0 amide bonds. The molecule has 13 heteroatoms. The van der Waals surface area contributed by atoms with Crippen LogP contribution in [0.5, 0.6) is 11.5 Å². The molecule has 20 aromatic rings. The highest BCUT2D eigenvalue weighted by Gasteiger charge is 2.49. The number of fused-ring (bicyclic) bond motifs is 23. The number of hydrogen-bond donors (Lipinski definition) is 0. The Labute approximate surface area is 684 Å². The molecule has 6 nitrogen and oxygen atoms in total. The fraction of sp³-hybridized carbons (Fsp3) is 0.0196. The summed E-state index contributed by atoms with van der Waals surface area (Å²) >= 11 is 9.46. The average molecular weight is 1550 g/mol. The van der Waals surface area contributed by atoms with Gasteiger partial charge in [0.15, 0.2) is 0 Å². The Bertz CT molecular complexity index is 7670. The first-order valence-electron chi connectivity index (χ1n) is 39.3. The molecule has 0 saturated carbocycles. The van der Waals surface area contributed by atoms with Crippen LogP contribution in [0.25, 0.3) is 80.7 Å². The van der Waals surface area contributed by atoms with Crippen LogP contribution < -0.4 is 62.0 Å². The Morgan fingerprint density at radius 2 is 0.687 bits per heavy atom. The molecule has 26 rings (SSSR count). The summed E-state index contributed by atoms with van der Waals surface area (Å²) < 4.78 is 18.2. The molecule has 0 fully saturated rings. The number of anilines is 15. The van der Waals surface area contributed by atoms with Gasteiger partial charge in [-0.25, -0.2) is 0 Å². The van der Waals surface area contributed by atoms with Gasteiger partial charge in [-0.3, -0.25) is 0 Å². The summed E-state index contributed by atoms with van der Waals surface area (Å²) in [5, 5.41) is 10.2. The second-order valence-electron chi connectivity index (χ2n) is 30.7. The molecule has 115 heavy (non-hydrogen) atoms. The molecule has 2 atom stereocenters. The van der Waals surface area contributed by atoms with E-state index in [9.17, 15) is 0 Å². The van der Waals surface area contributed by atoms with Gasteiger partial charge in [0.05, 0.1) is 39.8 Å². The van der Waals surface area contributed by atoms with Crippen LogP contribution in [-0.2, 0) is 0 Å². The second kappa shape index (κ2) is 24.8. The number of ether oxygens (including phenoxy) is 1. The van der Waals surface area contributed by atoms with Crippen molar-refractivity contribution < 1.29 is 4.74 Å². The minimum absolute atomic E-state index is 0.262. The van der Waals surface area contributed by atoms with Crippen LogP contribution in [0.15, 0.2) is 363 Å². The largest absolute Gasteiger partial charge is 0.458 e. The molecule has 0 bridgehead atoms. The predicted molar refractivity (Wildman–Crippen MR) is 498 cm³/mol. The predicted octanol–water partition coefficient (Wildman–Crippen LogP) is 26.3. The fourth-order valence-corrected chi connectivity index (χ4v) is 26.1. The number of nitrogens with zero attached hydrogens (tertiary/aromatic N) is 5. The summed E-state index contributed by atoms with van der Waals surface area (Å²) in [5.74, 6) is 1.91. The molecule has 0 radical (unpaired) electrons. The van der Waals surface area contributed by atoms with E-state index in [-0.39, 0.29) is 24.6 Å². The van der Waals surface area contributed by atoms with Crippen molar-refractivity contribution in [2.24, 2.45) is 0 Å². The lowest BCUT2D eigenvalue weighted by Crippen LogP contribution is -2.64. The minimum Gasteiger partial charge on any atom is -0.458 e. The van der Waals surface area contributed by atoms with Gasteiger partial charge >= 0.3 is 0 Å². The van der Waals surface area contributed by atoms with E-state index in [4.69, 9.17) is 4.74 Å². The third kappa shape index (κ3) is 9.35. The highest BCUT2D eigenvalue weighted by Crippen LogP contribution is 2.59. The normalized spacial score (nSPS) is 15.2. The molecule has 536 valence electrons. The summed E-state index contributed by atoms with van der Waals surface area (Å²) in [6.07, 6.45) is 9.26. The quantitative estimate of drug-likeness (QED) is 0.133. The minimum atomic E-state index is -0.270. The molecule has 5 aliphatic heterocycles. The lowest BCUT2D eigenvalue weighted by molar-refractivity contribution is 0.488. The molecule has 2 unspecified atom stereocenters. The highest BCUT2D eigenvalue weighted by molar-refractivity contribution is 8.00. The zero-order chi connectivity index (χ0) is 74.8.